The second-order valence-electron chi connectivity index (χ2n) is 6.87. The van der Waals surface area contributed by atoms with Crippen LogP contribution in [0.15, 0.2) is 24.3 Å². The van der Waals surface area contributed by atoms with Gasteiger partial charge in [-0.25, -0.2) is 0 Å². The Morgan fingerprint density at radius 2 is 2.17 bits per heavy atom. The van der Waals surface area contributed by atoms with E-state index >= 15 is 0 Å². The summed E-state index contributed by atoms with van der Waals surface area (Å²) in [6, 6.07) is 8.29. The molecule has 0 saturated heterocycles. The number of hydrogen-bond donors (Lipinski definition) is 1. The summed E-state index contributed by atoms with van der Waals surface area (Å²) >= 11 is 0. The Hall–Kier alpha value is -2.30. The maximum Gasteiger partial charge on any atom is 0.227 e. The molecular formula is C18H22N4O. The summed E-state index contributed by atoms with van der Waals surface area (Å²) in [5.41, 5.74) is 5.28. The first kappa shape index (κ1) is 14.3. The lowest BCUT2D eigenvalue weighted by molar-refractivity contribution is -0.132. The molecule has 5 heteroatoms. The lowest BCUT2D eigenvalue weighted by Crippen LogP contribution is -2.37. The van der Waals surface area contributed by atoms with Crippen LogP contribution >= 0.6 is 0 Å². The Bertz CT molecular complexity index is 745. The van der Waals surface area contributed by atoms with Crippen molar-refractivity contribution in [1.82, 2.24) is 15.1 Å². The van der Waals surface area contributed by atoms with Crippen molar-refractivity contribution >= 4 is 11.6 Å². The first-order valence-corrected chi connectivity index (χ1v) is 8.23. The van der Waals surface area contributed by atoms with Crippen LogP contribution in [0.25, 0.3) is 11.3 Å². The van der Waals surface area contributed by atoms with Gasteiger partial charge < -0.3 is 9.80 Å². The largest absolute Gasteiger partial charge is 0.378 e. The minimum Gasteiger partial charge on any atom is -0.378 e. The van der Waals surface area contributed by atoms with Gasteiger partial charge in [-0.3, -0.25) is 9.89 Å². The third-order valence-corrected chi connectivity index (χ3v) is 4.79. The Labute approximate surface area is 136 Å². The van der Waals surface area contributed by atoms with Crippen LogP contribution in [-0.4, -0.2) is 41.6 Å². The molecule has 2 aromatic rings. The van der Waals surface area contributed by atoms with Gasteiger partial charge in [0.25, 0.3) is 0 Å². The van der Waals surface area contributed by atoms with Gasteiger partial charge in [-0.05, 0) is 30.9 Å². The number of carbonyl (C=O) groups excluding carboxylic acids is 1. The van der Waals surface area contributed by atoms with E-state index in [1.165, 1.54) is 12.8 Å². The normalized spacial score (nSPS) is 17.3. The molecule has 0 atom stereocenters. The van der Waals surface area contributed by atoms with Crippen LogP contribution in [0, 0.1) is 5.92 Å². The fourth-order valence-electron chi connectivity index (χ4n) is 3.21. The summed E-state index contributed by atoms with van der Waals surface area (Å²) in [5.74, 6) is 0.954. The van der Waals surface area contributed by atoms with Crippen molar-refractivity contribution in [3.63, 3.8) is 0 Å². The number of amides is 1. The summed E-state index contributed by atoms with van der Waals surface area (Å²) in [6.07, 6.45) is 2.99. The van der Waals surface area contributed by atoms with Crippen LogP contribution in [0.4, 0.5) is 5.69 Å². The number of H-pyrrole nitrogens is 1. The maximum atomic E-state index is 12.5. The summed E-state index contributed by atoms with van der Waals surface area (Å²) in [5, 5.41) is 7.67. The Morgan fingerprint density at radius 1 is 1.35 bits per heavy atom. The average molecular weight is 310 g/mol. The molecule has 0 bridgehead atoms. The van der Waals surface area contributed by atoms with Crippen molar-refractivity contribution in [1.29, 1.82) is 0 Å². The number of aromatic nitrogens is 2. The lowest BCUT2D eigenvalue weighted by atomic mass is 9.99. The van der Waals surface area contributed by atoms with E-state index in [4.69, 9.17) is 0 Å². The Kier molecular flexibility index (Phi) is 3.36. The number of benzene rings is 1. The molecule has 0 radical (unpaired) electrons. The SMILES string of the molecule is CN(C)c1cccc(-c2n[nH]c3c2CC(=O)N(CC2CC2)C3)c1. The number of nitrogens with zero attached hydrogens (tertiary/aromatic N) is 3. The highest BCUT2D eigenvalue weighted by Gasteiger charge is 2.32. The molecule has 2 aliphatic rings. The van der Waals surface area contributed by atoms with E-state index in [0.717, 1.165) is 40.7 Å². The highest BCUT2D eigenvalue weighted by Crippen LogP contribution is 2.34. The smallest absolute Gasteiger partial charge is 0.227 e. The molecule has 1 aromatic heterocycles. The van der Waals surface area contributed by atoms with Crippen molar-refractivity contribution in [2.45, 2.75) is 25.8 Å². The average Bonchev–Trinajstić information content (AvgIpc) is 3.26. The molecule has 1 fully saturated rings. The van der Waals surface area contributed by atoms with Crippen molar-refractivity contribution in [3.05, 3.63) is 35.5 Å². The minimum absolute atomic E-state index is 0.232. The molecule has 1 aromatic carbocycles. The number of aromatic amines is 1. The molecule has 1 aliphatic carbocycles. The van der Waals surface area contributed by atoms with Crippen LogP contribution in [0.5, 0.6) is 0 Å². The van der Waals surface area contributed by atoms with E-state index < -0.39 is 0 Å². The van der Waals surface area contributed by atoms with Gasteiger partial charge in [0, 0.05) is 37.5 Å². The zero-order valence-corrected chi connectivity index (χ0v) is 13.7. The van der Waals surface area contributed by atoms with Gasteiger partial charge in [-0.1, -0.05) is 12.1 Å². The molecule has 1 saturated carbocycles. The predicted octanol–water partition coefficient (Wildman–Crippen LogP) is 2.44. The van der Waals surface area contributed by atoms with Gasteiger partial charge in [0.15, 0.2) is 0 Å². The lowest BCUT2D eigenvalue weighted by Gasteiger charge is -2.27. The maximum absolute atomic E-state index is 12.5. The fraction of sp³-hybridized carbons (Fsp3) is 0.444. The topological polar surface area (TPSA) is 52.2 Å². The molecule has 1 amide bonds. The number of carbonyl (C=O) groups is 1. The van der Waals surface area contributed by atoms with Crippen molar-refractivity contribution in [2.75, 3.05) is 25.5 Å². The first-order valence-electron chi connectivity index (χ1n) is 8.23. The zero-order valence-electron chi connectivity index (χ0n) is 13.7. The van der Waals surface area contributed by atoms with Gasteiger partial charge in [0.1, 0.15) is 0 Å². The van der Waals surface area contributed by atoms with Crippen LogP contribution < -0.4 is 4.90 Å². The van der Waals surface area contributed by atoms with Gasteiger partial charge in [0.05, 0.1) is 24.4 Å². The molecule has 1 aliphatic heterocycles. The monoisotopic (exact) mass is 310 g/mol. The zero-order chi connectivity index (χ0) is 16.0. The molecule has 0 unspecified atom stereocenters. The molecule has 1 N–H and O–H groups in total. The third kappa shape index (κ3) is 2.71. The van der Waals surface area contributed by atoms with Crippen LogP contribution in [0.2, 0.25) is 0 Å². The molecule has 4 rings (SSSR count). The quantitative estimate of drug-likeness (QED) is 0.943. The molecule has 0 spiro atoms. The molecule has 23 heavy (non-hydrogen) atoms. The predicted molar refractivity (Wildman–Crippen MR) is 90.2 cm³/mol. The van der Waals surface area contributed by atoms with Gasteiger partial charge >= 0.3 is 0 Å². The standard InChI is InChI=1S/C18H22N4O/c1-21(2)14-5-3-4-13(8-14)18-15-9-17(23)22(10-12-6-7-12)11-16(15)19-20-18/h3-5,8,12H,6-7,9-11H2,1-2H3,(H,19,20). The van der Waals surface area contributed by atoms with Crippen molar-refractivity contribution < 1.29 is 4.79 Å². The number of nitrogens with one attached hydrogen (secondary N) is 1. The first-order chi connectivity index (χ1) is 11.1. The van der Waals surface area contributed by atoms with Gasteiger partial charge in [-0.2, -0.15) is 5.10 Å². The summed E-state index contributed by atoms with van der Waals surface area (Å²) in [6.45, 7) is 1.58. The highest BCUT2D eigenvalue weighted by atomic mass is 16.2. The van der Waals surface area contributed by atoms with E-state index in [9.17, 15) is 4.79 Å². The summed E-state index contributed by atoms with van der Waals surface area (Å²) in [4.78, 5) is 16.5. The summed E-state index contributed by atoms with van der Waals surface area (Å²) < 4.78 is 0. The van der Waals surface area contributed by atoms with E-state index in [2.05, 4.69) is 33.3 Å². The second kappa shape index (κ2) is 5.41. The van der Waals surface area contributed by atoms with Gasteiger partial charge in [-0.15, -0.1) is 0 Å². The van der Waals surface area contributed by atoms with Gasteiger partial charge in [0.2, 0.25) is 5.91 Å². The number of fused-ring (bicyclic) bond motifs is 1. The number of rotatable bonds is 4. The fourth-order valence-corrected chi connectivity index (χ4v) is 3.21. The second-order valence-corrected chi connectivity index (χ2v) is 6.87. The summed E-state index contributed by atoms with van der Waals surface area (Å²) in [7, 11) is 4.05. The highest BCUT2D eigenvalue weighted by molar-refractivity contribution is 5.84. The molecular weight excluding hydrogens is 288 g/mol. The third-order valence-electron chi connectivity index (χ3n) is 4.79. The molecule has 2 heterocycles. The van der Waals surface area contributed by atoms with Crippen LogP contribution in [0.1, 0.15) is 24.1 Å². The van der Waals surface area contributed by atoms with Crippen LogP contribution in [-0.2, 0) is 17.8 Å². The molecule has 120 valence electrons. The number of hydrogen-bond acceptors (Lipinski definition) is 3. The van der Waals surface area contributed by atoms with Crippen molar-refractivity contribution in [3.8, 4) is 11.3 Å². The van der Waals surface area contributed by atoms with E-state index in [-0.39, 0.29) is 5.91 Å². The van der Waals surface area contributed by atoms with Crippen molar-refractivity contribution in [2.24, 2.45) is 5.92 Å². The van der Waals surface area contributed by atoms with E-state index in [0.29, 0.717) is 13.0 Å². The Morgan fingerprint density at radius 3 is 2.91 bits per heavy atom. The Balaban J connectivity index is 1.64. The molecule has 5 nitrogen and oxygen atoms in total. The minimum atomic E-state index is 0.232. The van der Waals surface area contributed by atoms with E-state index in [1.807, 2.05) is 25.1 Å². The number of anilines is 1. The van der Waals surface area contributed by atoms with E-state index in [1.54, 1.807) is 0 Å². The van der Waals surface area contributed by atoms with Crippen LogP contribution in [0.3, 0.4) is 0 Å².